The van der Waals surface area contributed by atoms with Crippen LogP contribution in [0.15, 0.2) is 30.5 Å². The van der Waals surface area contributed by atoms with E-state index in [-0.39, 0.29) is 5.41 Å². The van der Waals surface area contributed by atoms with Gasteiger partial charge in [0.1, 0.15) is 5.75 Å². The van der Waals surface area contributed by atoms with Gasteiger partial charge in [-0.2, -0.15) is 0 Å². The summed E-state index contributed by atoms with van der Waals surface area (Å²) in [7, 11) is 0. The Morgan fingerprint density at radius 1 is 1.19 bits per heavy atom. The zero-order chi connectivity index (χ0) is 15.6. The first-order chi connectivity index (χ1) is 9.81. The molecule has 0 saturated carbocycles. The van der Waals surface area contributed by atoms with E-state index in [1.807, 2.05) is 13.0 Å². The third-order valence-electron chi connectivity index (χ3n) is 3.31. The Bertz CT molecular complexity index is 648. The van der Waals surface area contributed by atoms with E-state index in [2.05, 4.69) is 37.9 Å². The second kappa shape index (κ2) is 6.25. The summed E-state index contributed by atoms with van der Waals surface area (Å²) in [6.07, 6.45) is 1.56. The van der Waals surface area contributed by atoms with Gasteiger partial charge in [0.05, 0.1) is 5.02 Å². The van der Waals surface area contributed by atoms with Crippen molar-refractivity contribution >= 4 is 23.2 Å². The highest BCUT2D eigenvalue weighted by molar-refractivity contribution is 6.32. The van der Waals surface area contributed by atoms with Gasteiger partial charge < -0.3 is 4.74 Å². The topological polar surface area (TPSA) is 22.1 Å². The van der Waals surface area contributed by atoms with Crippen LogP contribution in [0, 0.1) is 6.92 Å². The van der Waals surface area contributed by atoms with Crippen molar-refractivity contribution in [3.63, 3.8) is 0 Å². The molecule has 1 aromatic heterocycles. The summed E-state index contributed by atoms with van der Waals surface area (Å²) in [4.78, 5) is 4.18. The predicted molar refractivity (Wildman–Crippen MR) is 88.8 cm³/mol. The van der Waals surface area contributed by atoms with Crippen molar-refractivity contribution in [1.82, 2.24) is 4.98 Å². The quantitative estimate of drug-likeness (QED) is 0.659. The Morgan fingerprint density at radius 2 is 1.90 bits per heavy atom. The summed E-state index contributed by atoms with van der Waals surface area (Å²) in [6.45, 7) is 8.60. The lowest BCUT2D eigenvalue weighted by Crippen LogP contribution is -2.11. The molecule has 0 unspecified atom stereocenters. The number of benzene rings is 1. The highest BCUT2D eigenvalue weighted by Gasteiger charge is 2.15. The van der Waals surface area contributed by atoms with Crippen LogP contribution in [0.2, 0.25) is 5.02 Å². The van der Waals surface area contributed by atoms with Gasteiger partial charge in [0.2, 0.25) is 5.88 Å². The molecule has 4 heteroatoms. The van der Waals surface area contributed by atoms with E-state index in [9.17, 15) is 0 Å². The third-order valence-corrected chi connectivity index (χ3v) is 3.94. The molecule has 0 aliphatic rings. The number of pyridine rings is 1. The first-order valence-electron chi connectivity index (χ1n) is 6.80. The lowest BCUT2D eigenvalue weighted by atomic mass is 9.86. The fourth-order valence-corrected chi connectivity index (χ4v) is 2.42. The van der Waals surface area contributed by atoms with Crippen LogP contribution < -0.4 is 4.74 Å². The van der Waals surface area contributed by atoms with Crippen LogP contribution in [-0.2, 0) is 11.3 Å². The van der Waals surface area contributed by atoms with E-state index < -0.39 is 0 Å². The fourth-order valence-electron chi connectivity index (χ4n) is 1.96. The molecule has 0 fully saturated rings. The minimum atomic E-state index is 0.119. The van der Waals surface area contributed by atoms with Gasteiger partial charge in [-0.15, -0.1) is 11.6 Å². The number of alkyl halides is 1. The lowest BCUT2D eigenvalue weighted by Gasteiger charge is -2.20. The molecule has 0 aliphatic carbocycles. The van der Waals surface area contributed by atoms with Crippen LogP contribution in [0.4, 0.5) is 0 Å². The maximum Gasteiger partial charge on any atom is 0.219 e. The van der Waals surface area contributed by atoms with E-state index in [1.54, 1.807) is 12.3 Å². The number of rotatable bonds is 3. The molecule has 21 heavy (non-hydrogen) atoms. The van der Waals surface area contributed by atoms with Crippen LogP contribution >= 0.6 is 23.2 Å². The van der Waals surface area contributed by atoms with Crippen LogP contribution in [0.5, 0.6) is 11.6 Å². The number of hydrogen-bond acceptors (Lipinski definition) is 2. The zero-order valence-electron chi connectivity index (χ0n) is 12.7. The molecule has 0 spiro atoms. The van der Waals surface area contributed by atoms with E-state index in [1.165, 1.54) is 5.56 Å². The van der Waals surface area contributed by atoms with Crippen molar-refractivity contribution in [2.45, 2.75) is 39.0 Å². The second-order valence-electron chi connectivity index (χ2n) is 6.08. The second-order valence-corrected chi connectivity index (χ2v) is 6.75. The minimum absolute atomic E-state index is 0.119. The predicted octanol–water partition coefficient (Wildman–Crippen LogP) is 5.87. The van der Waals surface area contributed by atoms with Crippen LogP contribution in [-0.4, -0.2) is 4.98 Å². The normalized spacial score (nSPS) is 11.5. The Labute approximate surface area is 136 Å². The van der Waals surface area contributed by atoms with Gasteiger partial charge in [-0.3, -0.25) is 0 Å². The molecule has 0 radical (unpaired) electrons. The Balaban J connectivity index is 2.28. The van der Waals surface area contributed by atoms with Crippen molar-refractivity contribution in [3.05, 3.63) is 52.2 Å². The van der Waals surface area contributed by atoms with Crippen molar-refractivity contribution in [1.29, 1.82) is 0 Å². The van der Waals surface area contributed by atoms with Gasteiger partial charge in [-0.1, -0.05) is 44.5 Å². The molecule has 1 aromatic carbocycles. The molecule has 0 amide bonds. The monoisotopic (exact) mass is 323 g/mol. The van der Waals surface area contributed by atoms with Gasteiger partial charge in [0, 0.05) is 18.1 Å². The maximum absolute atomic E-state index is 6.00. The van der Waals surface area contributed by atoms with E-state index in [4.69, 9.17) is 27.9 Å². The highest BCUT2D eigenvalue weighted by Crippen LogP contribution is 2.30. The van der Waals surface area contributed by atoms with Gasteiger partial charge >= 0.3 is 0 Å². The molecule has 2 nitrogen and oxygen atoms in total. The summed E-state index contributed by atoms with van der Waals surface area (Å²) in [5.74, 6) is 1.62. The Morgan fingerprint density at radius 3 is 2.48 bits per heavy atom. The zero-order valence-corrected chi connectivity index (χ0v) is 14.2. The first kappa shape index (κ1) is 16.1. The molecular formula is C17H19Cl2NO. The summed E-state index contributed by atoms with van der Waals surface area (Å²) in [5.41, 5.74) is 3.28. The van der Waals surface area contributed by atoms with Gasteiger partial charge in [0.25, 0.3) is 0 Å². The Hall–Kier alpha value is -1.25. The smallest absolute Gasteiger partial charge is 0.219 e. The number of hydrogen-bond donors (Lipinski definition) is 0. The van der Waals surface area contributed by atoms with Crippen LogP contribution in [0.1, 0.15) is 37.5 Å². The third kappa shape index (κ3) is 3.90. The molecule has 0 N–H and O–H groups in total. The average Bonchev–Trinajstić information content (AvgIpc) is 2.42. The number of nitrogens with zero attached hydrogens (tertiary/aromatic N) is 1. The summed E-state index contributed by atoms with van der Waals surface area (Å²) < 4.78 is 5.85. The van der Waals surface area contributed by atoms with E-state index >= 15 is 0 Å². The maximum atomic E-state index is 6.00. The molecule has 2 aromatic rings. The van der Waals surface area contributed by atoms with Crippen molar-refractivity contribution in [2.75, 3.05) is 0 Å². The SMILES string of the molecule is Cc1cc(C(C)(C)C)ccc1Oc1cc(CCl)c(Cl)cn1. The molecule has 2 rings (SSSR count). The van der Waals surface area contributed by atoms with Gasteiger partial charge in [-0.25, -0.2) is 4.98 Å². The molecule has 0 saturated heterocycles. The fraction of sp³-hybridized carbons (Fsp3) is 0.353. The van der Waals surface area contributed by atoms with E-state index in [0.29, 0.717) is 16.8 Å². The van der Waals surface area contributed by atoms with Gasteiger partial charge in [-0.05, 0) is 35.1 Å². The number of ether oxygens (including phenoxy) is 1. The van der Waals surface area contributed by atoms with Crippen molar-refractivity contribution in [2.24, 2.45) is 0 Å². The molecule has 0 aliphatic heterocycles. The first-order valence-corrected chi connectivity index (χ1v) is 7.72. The summed E-state index contributed by atoms with van der Waals surface area (Å²) in [5, 5.41) is 0.553. The molecule has 0 atom stereocenters. The standard InChI is InChI=1S/C17H19Cl2NO/c1-11-7-13(17(2,3)4)5-6-15(11)21-16-8-12(9-18)14(19)10-20-16/h5-8,10H,9H2,1-4H3. The molecule has 0 bridgehead atoms. The molecule has 112 valence electrons. The van der Waals surface area contributed by atoms with Crippen molar-refractivity contribution < 1.29 is 4.74 Å². The molecular weight excluding hydrogens is 305 g/mol. The van der Waals surface area contributed by atoms with Crippen LogP contribution in [0.25, 0.3) is 0 Å². The summed E-state index contributed by atoms with van der Waals surface area (Å²) in [6, 6.07) is 7.98. The van der Waals surface area contributed by atoms with Gasteiger partial charge in [0.15, 0.2) is 0 Å². The lowest BCUT2D eigenvalue weighted by molar-refractivity contribution is 0.458. The largest absolute Gasteiger partial charge is 0.439 e. The Kier molecular flexibility index (Phi) is 4.80. The minimum Gasteiger partial charge on any atom is -0.439 e. The number of aromatic nitrogens is 1. The summed E-state index contributed by atoms with van der Waals surface area (Å²) >= 11 is 11.8. The number of halogens is 2. The van der Waals surface area contributed by atoms with E-state index in [0.717, 1.165) is 16.9 Å². The van der Waals surface area contributed by atoms with Crippen LogP contribution in [0.3, 0.4) is 0 Å². The van der Waals surface area contributed by atoms with Crippen molar-refractivity contribution in [3.8, 4) is 11.6 Å². The number of aryl methyl sites for hydroxylation is 1. The molecule has 1 heterocycles. The average molecular weight is 324 g/mol. The highest BCUT2D eigenvalue weighted by atomic mass is 35.5.